The fourth-order valence-electron chi connectivity index (χ4n) is 5.52. The maximum absolute atomic E-state index is 15.4. The van der Waals surface area contributed by atoms with Gasteiger partial charge in [0.2, 0.25) is 0 Å². The topological polar surface area (TPSA) is 16.6 Å². The van der Waals surface area contributed by atoms with Crippen LogP contribution in [0.5, 0.6) is 0 Å². The highest BCUT2D eigenvalue weighted by Gasteiger charge is 2.52. The van der Waals surface area contributed by atoms with E-state index in [-0.39, 0.29) is 0 Å². The second-order valence-corrected chi connectivity index (χ2v) is 10.5. The molecule has 0 aliphatic heterocycles. The van der Waals surface area contributed by atoms with E-state index in [1.54, 1.807) is 0 Å². The van der Waals surface area contributed by atoms with Crippen LogP contribution in [-0.4, -0.2) is 13.2 Å². The third kappa shape index (κ3) is 6.01. The standard InChI is InChI=1S/C24BF20.C7H9N/c26-5-1(6(27)14(35)21(42)13(5)34)25(2-7(28)15(36)22(43)16(37)8(2)29,3-9(30)17(38)23(44)18(39)10(3)31)4-11(32)19(40)24(45)20(41)12(4)33;1-8-7-5-3-2-4-6-7/h;2-6,8H,1H3/q-1;/p+1. The van der Waals surface area contributed by atoms with E-state index in [1.807, 2.05) is 25.2 Å². The molecule has 0 amide bonds. The first kappa shape index (κ1) is 40.5. The number of hydrogen-bond donors (Lipinski definition) is 1. The van der Waals surface area contributed by atoms with Gasteiger partial charge in [-0.3, -0.25) is 0 Å². The quantitative estimate of drug-likeness (QED) is 0.0704. The zero-order valence-electron chi connectivity index (χ0n) is 25.1. The van der Waals surface area contributed by atoms with Gasteiger partial charge in [-0.2, -0.15) is 0 Å². The van der Waals surface area contributed by atoms with Crippen molar-refractivity contribution >= 4 is 33.7 Å². The van der Waals surface area contributed by atoms with Crippen LogP contribution in [0, 0.1) is 116 Å². The maximum atomic E-state index is 15.4. The Morgan fingerprint density at radius 1 is 0.283 bits per heavy atom. The highest BCUT2D eigenvalue weighted by molar-refractivity contribution is 7.20. The van der Waals surface area contributed by atoms with Gasteiger partial charge in [0.25, 0.3) is 0 Å². The van der Waals surface area contributed by atoms with Crippen LogP contribution in [0.4, 0.5) is 93.5 Å². The smallest absolute Gasteiger partial charge is 0.200 e. The minimum absolute atomic E-state index is 1.28. The average molecular weight is 787 g/mol. The van der Waals surface area contributed by atoms with Gasteiger partial charge >= 0.3 is 0 Å². The van der Waals surface area contributed by atoms with Gasteiger partial charge < -0.3 is 5.32 Å². The number of nitrogens with two attached hydrogens (primary N) is 1. The van der Waals surface area contributed by atoms with Crippen LogP contribution in [0.25, 0.3) is 0 Å². The van der Waals surface area contributed by atoms with Crippen molar-refractivity contribution in [1.82, 2.24) is 0 Å². The van der Waals surface area contributed by atoms with Crippen molar-refractivity contribution in [3.8, 4) is 0 Å². The van der Waals surface area contributed by atoms with Gasteiger partial charge in [-0.25, -0.2) is 87.8 Å². The van der Waals surface area contributed by atoms with E-state index in [0.29, 0.717) is 0 Å². The number of halogens is 20. The molecule has 22 heteroatoms. The van der Waals surface area contributed by atoms with Crippen molar-refractivity contribution < 1.29 is 93.1 Å². The molecule has 53 heavy (non-hydrogen) atoms. The lowest BCUT2D eigenvalue weighted by molar-refractivity contribution is -0.539. The molecule has 2 N–H and O–H groups in total. The molecule has 0 spiro atoms. The Hall–Kier alpha value is -5.28. The summed E-state index contributed by atoms with van der Waals surface area (Å²) in [6, 6.07) is 10.3. The minimum Gasteiger partial charge on any atom is -0.316 e. The molecule has 0 saturated carbocycles. The second-order valence-electron chi connectivity index (χ2n) is 10.5. The van der Waals surface area contributed by atoms with E-state index in [0.717, 1.165) is 0 Å². The number of quaternary nitrogens is 1. The molecule has 0 atom stereocenters. The lowest BCUT2D eigenvalue weighted by Crippen LogP contribution is -2.81. The fraction of sp³-hybridized carbons (Fsp3) is 0.0323. The van der Waals surface area contributed by atoms with Crippen LogP contribution in [0.15, 0.2) is 30.3 Å². The van der Waals surface area contributed by atoms with Crippen molar-refractivity contribution in [2.24, 2.45) is 0 Å². The molecule has 0 bridgehead atoms. The summed E-state index contributed by atoms with van der Waals surface area (Å²) >= 11 is 0. The zero-order chi connectivity index (χ0) is 40.2. The molecule has 5 aromatic carbocycles. The Labute approximate surface area is 281 Å². The third-order valence-electron chi connectivity index (χ3n) is 7.84. The van der Waals surface area contributed by atoms with E-state index in [9.17, 15) is 52.7 Å². The first-order valence-electron chi connectivity index (χ1n) is 13.7. The molecule has 0 unspecified atom stereocenters. The van der Waals surface area contributed by atoms with Crippen molar-refractivity contribution in [2.75, 3.05) is 7.05 Å². The molecule has 0 aliphatic rings. The SMILES string of the molecule is C[NH2+]c1ccccc1.Fc1c(F)c(F)c([B-](c2c(F)c(F)c(F)c(F)c2F)(c2c(F)c(F)c(F)c(F)c2F)c2c(F)c(F)c(F)c(F)c2F)c(F)c1F. The van der Waals surface area contributed by atoms with E-state index < -0.39 is 144 Å². The van der Waals surface area contributed by atoms with Crippen LogP contribution in [-0.2, 0) is 0 Å². The zero-order valence-corrected chi connectivity index (χ0v) is 25.1. The Bertz CT molecular complexity index is 1900. The first-order chi connectivity index (χ1) is 24.6. The molecule has 0 heterocycles. The normalized spacial score (nSPS) is 11.6. The summed E-state index contributed by atoms with van der Waals surface area (Å²) < 4.78 is 294. The molecule has 5 rings (SSSR count). The van der Waals surface area contributed by atoms with E-state index >= 15 is 35.1 Å². The van der Waals surface area contributed by atoms with Crippen LogP contribution < -0.4 is 27.2 Å². The summed E-state index contributed by atoms with van der Waals surface area (Å²) in [5.74, 6) is -71.4. The average Bonchev–Trinajstić information content (AvgIpc) is 3.15. The molecule has 282 valence electrons. The van der Waals surface area contributed by atoms with Crippen molar-refractivity contribution in [2.45, 2.75) is 0 Å². The number of hydrogen-bond acceptors (Lipinski definition) is 0. The predicted octanol–water partition coefficient (Wildman–Crippen LogP) is 6.36. The lowest BCUT2D eigenvalue weighted by atomic mass is 9.12. The number of para-hydroxylation sites is 1. The number of benzene rings is 5. The minimum atomic E-state index is -7.22. The molecule has 0 saturated heterocycles. The Kier molecular flexibility index (Phi) is 11.2. The molecule has 0 radical (unpaired) electrons. The third-order valence-corrected chi connectivity index (χ3v) is 7.84. The molecular weight excluding hydrogens is 777 g/mol. The highest BCUT2D eigenvalue weighted by atomic mass is 19.2. The van der Waals surface area contributed by atoms with Gasteiger partial charge in [-0.05, 0) is 12.1 Å². The summed E-state index contributed by atoms with van der Waals surface area (Å²) in [5, 5.41) is 2.08. The van der Waals surface area contributed by atoms with Gasteiger partial charge in [-0.15, -0.1) is 21.9 Å². The Balaban J connectivity index is 0.000000692. The molecule has 0 fully saturated rings. The van der Waals surface area contributed by atoms with Crippen LogP contribution in [0.1, 0.15) is 0 Å². The van der Waals surface area contributed by atoms with Crippen LogP contribution >= 0.6 is 0 Å². The van der Waals surface area contributed by atoms with Crippen LogP contribution in [0.2, 0.25) is 0 Å². The van der Waals surface area contributed by atoms with E-state index in [2.05, 4.69) is 17.4 Å². The van der Waals surface area contributed by atoms with Gasteiger partial charge in [0, 0.05) is 0 Å². The van der Waals surface area contributed by atoms with Crippen molar-refractivity contribution in [3.63, 3.8) is 0 Å². The van der Waals surface area contributed by atoms with Gasteiger partial charge in [-0.1, -0.05) is 18.2 Å². The van der Waals surface area contributed by atoms with Crippen LogP contribution in [0.3, 0.4) is 0 Å². The summed E-state index contributed by atoms with van der Waals surface area (Å²) in [6.07, 6.45) is -7.22. The van der Waals surface area contributed by atoms with Crippen molar-refractivity contribution in [1.29, 1.82) is 0 Å². The summed E-state index contributed by atoms with van der Waals surface area (Å²) in [7, 11) is 2.04. The van der Waals surface area contributed by atoms with Gasteiger partial charge in [0.1, 0.15) is 58.4 Å². The molecule has 5 aromatic rings. The summed E-state index contributed by atoms with van der Waals surface area (Å²) in [6.45, 7) is 0. The van der Waals surface area contributed by atoms with E-state index in [4.69, 9.17) is 0 Å². The molecule has 1 nitrogen and oxygen atoms in total. The monoisotopic (exact) mass is 787 g/mol. The second kappa shape index (κ2) is 14.6. The molecule has 0 aromatic heterocycles. The molecular formula is C31H10BF20N. The van der Waals surface area contributed by atoms with Gasteiger partial charge in [0.15, 0.2) is 69.8 Å². The Morgan fingerprint density at radius 3 is 0.604 bits per heavy atom. The maximum Gasteiger partial charge on any atom is 0.200 e. The Morgan fingerprint density at radius 2 is 0.453 bits per heavy atom. The number of rotatable bonds is 5. The highest BCUT2D eigenvalue weighted by Crippen LogP contribution is 2.30. The van der Waals surface area contributed by atoms with Crippen molar-refractivity contribution in [3.05, 3.63) is 147 Å². The van der Waals surface area contributed by atoms with E-state index in [1.165, 1.54) is 5.69 Å². The largest absolute Gasteiger partial charge is 0.316 e. The van der Waals surface area contributed by atoms with Gasteiger partial charge in [0.05, 0.1) is 7.05 Å². The fourth-order valence-corrected chi connectivity index (χ4v) is 5.52. The summed E-state index contributed by atoms with van der Waals surface area (Å²) in [4.78, 5) is 0. The lowest BCUT2D eigenvalue weighted by Gasteiger charge is -2.44. The first-order valence-corrected chi connectivity index (χ1v) is 13.7. The summed E-state index contributed by atoms with van der Waals surface area (Å²) in [5.41, 5.74) is -13.0. The predicted molar refractivity (Wildman–Crippen MR) is 143 cm³/mol. The molecule has 0 aliphatic carbocycles.